The Morgan fingerprint density at radius 3 is 2.24 bits per heavy atom. The standard InChI is InChI=1S/C17H26BNO2/c1-16(2)17(3,4)21-18(20-16)15-9-7-6-8-13(15)12-19(5)14-10-11-14/h6-9,14H,10-12H2,1-5H3. The Kier molecular flexibility index (Phi) is 3.67. The van der Waals surface area contributed by atoms with Gasteiger partial charge in [-0.1, -0.05) is 24.3 Å². The van der Waals surface area contributed by atoms with E-state index < -0.39 is 0 Å². The zero-order chi connectivity index (χ0) is 15.3. The maximum absolute atomic E-state index is 6.21. The molecule has 1 aliphatic heterocycles. The van der Waals surface area contributed by atoms with Gasteiger partial charge in [0.25, 0.3) is 0 Å². The average Bonchev–Trinajstić information content (AvgIpc) is 3.19. The van der Waals surface area contributed by atoms with Gasteiger partial charge in [0.2, 0.25) is 0 Å². The van der Waals surface area contributed by atoms with E-state index in [-0.39, 0.29) is 18.3 Å². The summed E-state index contributed by atoms with van der Waals surface area (Å²) in [6.45, 7) is 9.38. The van der Waals surface area contributed by atoms with E-state index in [1.54, 1.807) is 0 Å². The van der Waals surface area contributed by atoms with Gasteiger partial charge in [0, 0.05) is 12.6 Å². The highest BCUT2D eigenvalue weighted by Crippen LogP contribution is 2.36. The lowest BCUT2D eigenvalue weighted by Gasteiger charge is -2.32. The minimum absolute atomic E-state index is 0.265. The smallest absolute Gasteiger partial charge is 0.399 e. The molecule has 0 spiro atoms. The van der Waals surface area contributed by atoms with Crippen LogP contribution in [-0.4, -0.2) is 36.3 Å². The van der Waals surface area contributed by atoms with Gasteiger partial charge in [-0.3, -0.25) is 4.90 Å². The molecule has 3 nitrogen and oxygen atoms in total. The van der Waals surface area contributed by atoms with Gasteiger partial charge in [0.1, 0.15) is 0 Å². The minimum atomic E-state index is -0.285. The van der Waals surface area contributed by atoms with Gasteiger partial charge < -0.3 is 9.31 Å². The van der Waals surface area contributed by atoms with Crippen molar-refractivity contribution in [3.8, 4) is 0 Å². The fourth-order valence-electron chi connectivity index (χ4n) is 2.79. The molecule has 0 bridgehead atoms. The summed E-state index contributed by atoms with van der Waals surface area (Å²) in [7, 11) is 1.94. The zero-order valence-corrected chi connectivity index (χ0v) is 13.8. The molecule has 1 heterocycles. The molecule has 0 radical (unpaired) electrons. The monoisotopic (exact) mass is 287 g/mol. The van der Waals surface area contributed by atoms with Gasteiger partial charge in [-0.25, -0.2) is 0 Å². The van der Waals surface area contributed by atoms with E-state index in [0.717, 1.165) is 12.6 Å². The van der Waals surface area contributed by atoms with E-state index in [1.165, 1.54) is 23.9 Å². The maximum atomic E-state index is 6.21. The number of rotatable bonds is 4. The number of hydrogen-bond donors (Lipinski definition) is 0. The maximum Gasteiger partial charge on any atom is 0.495 e. The molecule has 1 aromatic rings. The lowest BCUT2D eigenvalue weighted by atomic mass is 9.76. The van der Waals surface area contributed by atoms with E-state index in [0.29, 0.717) is 0 Å². The predicted molar refractivity (Wildman–Crippen MR) is 86.6 cm³/mol. The van der Waals surface area contributed by atoms with Gasteiger partial charge in [-0.2, -0.15) is 0 Å². The summed E-state index contributed by atoms with van der Waals surface area (Å²) in [4.78, 5) is 2.43. The highest BCUT2D eigenvalue weighted by molar-refractivity contribution is 6.62. The van der Waals surface area contributed by atoms with Crippen molar-refractivity contribution in [2.75, 3.05) is 7.05 Å². The highest BCUT2D eigenvalue weighted by atomic mass is 16.7. The van der Waals surface area contributed by atoms with Gasteiger partial charge in [0.05, 0.1) is 11.2 Å². The second-order valence-electron chi connectivity index (χ2n) is 7.43. The first-order chi connectivity index (χ1) is 9.80. The van der Waals surface area contributed by atoms with Crippen LogP contribution in [-0.2, 0) is 15.9 Å². The lowest BCUT2D eigenvalue weighted by Crippen LogP contribution is -2.41. The first kappa shape index (κ1) is 15.1. The third-order valence-corrected chi connectivity index (χ3v) is 5.15. The van der Waals surface area contributed by atoms with Crippen LogP contribution in [0.3, 0.4) is 0 Å². The molecule has 1 aromatic carbocycles. The third kappa shape index (κ3) is 2.89. The first-order valence-electron chi connectivity index (χ1n) is 7.94. The molecule has 0 amide bonds. The van der Waals surface area contributed by atoms with Crippen molar-refractivity contribution in [2.24, 2.45) is 0 Å². The van der Waals surface area contributed by atoms with Crippen LogP contribution in [0.2, 0.25) is 0 Å². The van der Waals surface area contributed by atoms with Crippen LogP contribution in [0.25, 0.3) is 0 Å². The minimum Gasteiger partial charge on any atom is -0.399 e. The molecule has 0 unspecified atom stereocenters. The molecule has 4 heteroatoms. The summed E-state index contributed by atoms with van der Waals surface area (Å²) >= 11 is 0. The molecule has 2 aliphatic rings. The lowest BCUT2D eigenvalue weighted by molar-refractivity contribution is 0.00578. The second-order valence-corrected chi connectivity index (χ2v) is 7.43. The predicted octanol–water partition coefficient (Wildman–Crippen LogP) is 2.58. The summed E-state index contributed by atoms with van der Waals surface area (Å²) in [5.74, 6) is 0. The molecule has 21 heavy (non-hydrogen) atoms. The normalized spacial score (nSPS) is 23.8. The van der Waals surface area contributed by atoms with E-state index >= 15 is 0 Å². The highest BCUT2D eigenvalue weighted by Gasteiger charge is 2.52. The van der Waals surface area contributed by atoms with Crippen LogP contribution in [0.4, 0.5) is 0 Å². The third-order valence-electron chi connectivity index (χ3n) is 5.15. The van der Waals surface area contributed by atoms with E-state index in [1.807, 2.05) is 0 Å². The first-order valence-corrected chi connectivity index (χ1v) is 7.94. The summed E-state index contributed by atoms with van der Waals surface area (Å²) in [6.07, 6.45) is 2.66. The Balaban J connectivity index is 1.82. The van der Waals surface area contributed by atoms with Crippen molar-refractivity contribution in [1.29, 1.82) is 0 Å². The van der Waals surface area contributed by atoms with Gasteiger partial charge in [0.15, 0.2) is 0 Å². The topological polar surface area (TPSA) is 21.7 Å². The van der Waals surface area contributed by atoms with Gasteiger partial charge in [-0.15, -0.1) is 0 Å². The molecule has 0 aromatic heterocycles. The van der Waals surface area contributed by atoms with E-state index in [4.69, 9.17) is 9.31 Å². The fourth-order valence-corrected chi connectivity index (χ4v) is 2.79. The van der Waals surface area contributed by atoms with Crippen molar-refractivity contribution in [3.63, 3.8) is 0 Å². The number of nitrogens with zero attached hydrogens (tertiary/aromatic N) is 1. The largest absolute Gasteiger partial charge is 0.495 e. The van der Waals surface area contributed by atoms with Crippen LogP contribution in [0.1, 0.15) is 46.1 Å². The number of hydrogen-bond acceptors (Lipinski definition) is 3. The SMILES string of the molecule is CN(Cc1ccccc1B1OC(C)(C)C(C)(C)O1)C1CC1. The Bertz CT molecular complexity index is 509. The summed E-state index contributed by atoms with van der Waals surface area (Å²) < 4.78 is 12.4. The van der Waals surface area contributed by atoms with Crippen LogP contribution < -0.4 is 5.46 Å². The molecular formula is C17H26BNO2. The second kappa shape index (κ2) is 5.11. The van der Waals surface area contributed by atoms with E-state index in [2.05, 4.69) is 63.9 Å². The summed E-state index contributed by atoms with van der Waals surface area (Å²) in [6, 6.07) is 9.26. The molecule has 1 saturated carbocycles. The van der Waals surface area contributed by atoms with Crippen molar-refractivity contribution in [2.45, 2.75) is 64.3 Å². The van der Waals surface area contributed by atoms with Gasteiger partial charge in [-0.05, 0) is 58.6 Å². The quantitative estimate of drug-likeness (QED) is 0.794. The average molecular weight is 287 g/mol. The van der Waals surface area contributed by atoms with Crippen molar-refractivity contribution in [3.05, 3.63) is 29.8 Å². The van der Waals surface area contributed by atoms with Crippen LogP contribution >= 0.6 is 0 Å². The molecule has 1 saturated heterocycles. The molecule has 114 valence electrons. The fraction of sp³-hybridized carbons (Fsp3) is 0.647. The van der Waals surface area contributed by atoms with Crippen molar-refractivity contribution >= 4 is 12.6 Å². The molecule has 1 aliphatic carbocycles. The van der Waals surface area contributed by atoms with Gasteiger partial charge >= 0.3 is 7.12 Å². The van der Waals surface area contributed by atoms with E-state index in [9.17, 15) is 0 Å². The summed E-state index contributed by atoms with van der Waals surface area (Å²) in [5, 5.41) is 0. The molecule has 3 rings (SSSR count). The Morgan fingerprint density at radius 1 is 1.10 bits per heavy atom. The Morgan fingerprint density at radius 2 is 1.67 bits per heavy atom. The van der Waals surface area contributed by atoms with Crippen LogP contribution in [0.5, 0.6) is 0 Å². The Hall–Kier alpha value is -0.835. The number of benzene rings is 1. The van der Waals surface area contributed by atoms with Crippen molar-refractivity contribution in [1.82, 2.24) is 4.90 Å². The zero-order valence-electron chi connectivity index (χ0n) is 13.8. The van der Waals surface area contributed by atoms with Crippen LogP contribution in [0, 0.1) is 0 Å². The molecule has 0 N–H and O–H groups in total. The molecule has 2 fully saturated rings. The summed E-state index contributed by atoms with van der Waals surface area (Å²) in [5.41, 5.74) is 1.91. The van der Waals surface area contributed by atoms with Crippen LogP contribution in [0.15, 0.2) is 24.3 Å². The Labute approximate surface area is 128 Å². The molecule has 0 atom stereocenters. The van der Waals surface area contributed by atoms with Crippen molar-refractivity contribution < 1.29 is 9.31 Å². The molecular weight excluding hydrogens is 261 g/mol.